The zero-order valence-corrected chi connectivity index (χ0v) is 50.3. The highest BCUT2D eigenvalue weighted by Crippen LogP contribution is 2.64. The smallest absolute Gasteiger partial charge is 0.453 e. The number of alkyl halides is 10. The number of aliphatic hydroxyl groups excluding tert-OH is 2. The van der Waals surface area contributed by atoms with Gasteiger partial charge >= 0.3 is 48.1 Å². The number of carbonyl (C=O) groups is 4. The predicted molar refractivity (Wildman–Crippen MR) is 300 cm³/mol. The lowest BCUT2D eigenvalue weighted by Gasteiger charge is -2.53. The van der Waals surface area contributed by atoms with Crippen molar-refractivity contribution in [2.45, 2.75) is 216 Å². The summed E-state index contributed by atoms with van der Waals surface area (Å²) in [5.41, 5.74) is 4.37. The summed E-state index contributed by atoms with van der Waals surface area (Å²) in [6.45, 7) is 4.36. The summed E-state index contributed by atoms with van der Waals surface area (Å²) in [6, 6.07) is 11.2. The van der Waals surface area contributed by atoms with Crippen molar-refractivity contribution >= 4 is 45.5 Å². The number of aromatic hydroxyl groups is 1. The van der Waals surface area contributed by atoms with Gasteiger partial charge in [0.2, 0.25) is 0 Å². The first-order chi connectivity index (χ1) is 40.2. The third-order valence-electron chi connectivity index (χ3n) is 20.1. The van der Waals surface area contributed by atoms with Crippen LogP contribution in [0.15, 0.2) is 36.4 Å². The average molecular weight is 1270 g/mol. The van der Waals surface area contributed by atoms with Gasteiger partial charge in [-0.2, -0.15) is 43.9 Å². The van der Waals surface area contributed by atoms with Crippen molar-refractivity contribution < 1.29 is 101 Å². The minimum absolute atomic E-state index is 0.00964. The van der Waals surface area contributed by atoms with E-state index in [9.17, 15) is 86.8 Å². The van der Waals surface area contributed by atoms with Crippen LogP contribution in [0.1, 0.15) is 189 Å². The number of esters is 3. The standard InChI is InChI=1S/C31H41F5O6S.C26H35F5O3S.C5H6O3/c1-29-14-12-23-22-9-8-21(42-27(40)7-2-6-26(38)39)18-20(22)17-19(28(23)24(29)10-11-25(29)37)5-3-15-43(41)16-4-13-30(32,33)31(34,35)36;1-24-11-9-20-19-6-5-18(32)15-17(19)14-16(23(20)21(24)7-8-22(24)33)4-2-12-35(34)13-3-10-25(27,28)26(29,30)31;6-4-2-1-3-5(7)8-4/h8-9,18-19,23-25,28,37H,2-7,10-17H2,1H3,(H,38,39);5-6,15-16,20-23,32-33H,2-4,7-14H2,1H3;1-3H2/t19-,23-,24+,25+,28-,29+,43?;16-,20-,21+,22+,23-,24+,35?;/m11./s1. The quantitative estimate of drug-likeness (QED) is 0.0399. The molecule has 1 heterocycles. The summed E-state index contributed by atoms with van der Waals surface area (Å²) < 4.78 is 161. The van der Waals surface area contributed by atoms with Crippen LogP contribution in [0.25, 0.3) is 0 Å². The Morgan fingerprint density at radius 3 is 1.49 bits per heavy atom. The fraction of sp³-hybridized carbons (Fsp3) is 0.742. The fourth-order valence-corrected chi connectivity index (χ4v) is 18.0. The van der Waals surface area contributed by atoms with Gasteiger partial charge in [-0.3, -0.25) is 27.6 Å². The Hall–Kier alpha value is -4.16. The van der Waals surface area contributed by atoms with Crippen molar-refractivity contribution in [2.75, 3.05) is 23.0 Å². The lowest BCUT2D eigenvalue weighted by molar-refractivity contribution is -0.284. The van der Waals surface area contributed by atoms with Crippen molar-refractivity contribution in [3.05, 3.63) is 58.7 Å². The van der Waals surface area contributed by atoms with E-state index in [0.717, 1.165) is 75.3 Å². The number of hydrogen-bond acceptors (Lipinski definition) is 11. The van der Waals surface area contributed by atoms with Gasteiger partial charge < -0.3 is 29.9 Å². The summed E-state index contributed by atoms with van der Waals surface area (Å²) in [5, 5.41) is 40.4. The Bertz CT molecular complexity index is 2730. The van der Waals surface area contributed by atoms with Crippen molar-refractivity contribution in [3.8, 4) is 11.5 Å². The molecule has 0 amide bonds. The highest BCUT2D eigenvalue weighted by Gasteiger charge is 2.60. The second kappa shape index (κ2) is 28.8. The van der Waals surface area contributed by atoms with Gasteiger partial charge in [0.1, 0.15) is 11.5 Å². The number of carbonyl (C=O) groups excluding carboxylic acids is 3. The van der Waals surface area contributed by atoms with Gasteiger partial charge in [0, 0.05) is 83.1 Å². The molecular weight excluding hydrogens is 1190 g/mol. The maximum atomic E-state index is 13.2. The molecule has 0 aromatic heterocycles. The van der Waals surface area contributed by atoms with Gasteiger partial charge in [-0.25, -0.2) is 0 Å². The third-order valence-corrected chi connectivity index (χ3v) is 23.1. The van der Waals surface area contributed by atoms with Crippen molar-refractivity contribution in [3.63, 3.8) is 0 Å². The van der Waals surface area contributed by atoms with Crippen LogP contribution in [-0.4, -0.2) is 112 Å². The Morgan fingerprint density at radius 2 is 1.06 bits per heavy atom. The minimum atomic E-state index is -5.61. The normalized spacial score (nSPS) is 30.3. The molecule has 4 saturated carbocycles. The van der Waals surface area contributed by atoms with E-state index in [1.54, 1.807) is 12.1 Å². The largest absolute Gasteiger partial charge is 0.508 e. The van der Waals surface area contributed by atoms with Crippen molar-refractivity contribution in [1.82, 2.24) is 0 Å². The number of phenolic OH excluding ortho intramolecular Hbond substituents is 1. The van der Waals surface area contributed by atoms with Gasteiger partial charge in [0.25, 0.3) is 0 Å². The molecule has 0 radical (unpaired) electrons. The van der Waals surface area contributed by atoms with Crippen LogP contribution in [0.4, 0.5) is 43.9 Å². The van der Waals surface area contributed by atoms with Gasteiger partial charge in [0.05, 0.1) is 12.2 Å². The van der Waals surface area contributed by atoms with E-state index in [0.29, 0.717) is 74.4 Å². The molecule has 14 atom stereocenters. The van der Waals surface area contributed by atoms with E-state index in [2.05, 4.69) is 18.6 Å². The molecule has 12 nitrogen and oxygen atoms in total. The van der Waals surface area contributed by atoms with Gasteiger partial charge in [0.15, 0.2) is 0 Å². The number of aliphatic carboxylic acids is 1. The number of fused-ring (bicyclic) bond motifs is 10. The van der Waals surface area contributed by atoms with E-state index in [-0.39, 0.29) is 107 Å². The van der Waals surface area contributed by atoms with Crippen LogP contribution < -0.4 is 4.74 Å². The molecular formula is C62H82F10O12S2. The lowest BCUT2D eigenvalue weighted by atomic mass is 9.52. The molecule has 0 spiro atoms. The van der Waals surface area contributed by atoms with Crippen LogP contribution in [0, 0.1) is 46.3 Å². The zero-order valence-electron chi connectivity index (χ0n) is 48.7. The first kappa shape index (κ1) is 69.3. The number of carboxylic acids is 1. The maximum absolute atomic E-state index is 13.2. The number of carboxylic acid groups (broad SMARTS) is 1. The topological polar surface area (TPSA) is 202 Å². The van der Waals surface area contributed by atoms with Crippen molar-refractivity contribution in [2.24, 2.45) is 46.3 Å². The monoisotopic (exact) mass is 1270 g/mol. The van der Waals surface area contributed by atoms with Gasteiger partial charge in [-0.1, -0.05) is 26.0 Å². The SMILES string of the molecule is C[C@]12CC[C@@H]3c4ccc(O)cc4C[C@@H](CCCS(=O)CCCC(F)(F)C(F)(F)F)[C@H]3[C@@H]1CC[C@@H]2O.C[C@]12CC[C@@H]3c4ccc(OC(=O)CCCC(=O)O)cc4C[C@@H](CCCS(=O)CCCC(F)(F)C(F)(F)F)[C@H]3[C@@H]1CC[C@@H]2O.O=C1CCCC(=O)O1. The fourth-order valence-electron chi connectivity index (χ4n) is 15.7. The highest BCUT2D eigenvalue weighted by molar-refractivity contribution is 7.85. The molecule has 86 heavy (non-hydrogen) atoms. The van der Waals surface area contributed by atoms with Crippen LogP contribution in [-0.2, 0) is 58.4 Å². The maximum Gasteiger partial charge on any atom is 0.453 e. The van der Waals surface area contributed by atoms with E-state index in [4.69, 9.17) is 9.84 Å². The van der Waals surface area contributed by atoms with Gasteiger partial charge in [-0.15, -0.1) is 0 Å². The summed E-state index contributed by atoms with van der Waals surface area (Å²) in [7, 11) is -2.96. The minimum Gasteiger partial charge on any atom is -0.508 e. The molecule has 0 bridgehead atoms. The second-order valence-electron chi connectivity index (χ2n) is 25.5. The summed E-state index contributed by atoms with van der Waals surface area (Å²) in [5.74, 6) is -8.62. The second-order valence-corrected chi connectivity index (χ2v) is 28.9. The number of halogens is 10. The zero-order chi connectivity index (χ0) is 63.2. The Morgan fingerprint density at radius 1 is 0.616 bits per heavy atom. The number of rotatable bonds is 21. The molecule has 5 fully saturated rings. The molecule has 6 aliphatic carbocycles. The third kappa shape index (κ3) is 16.8. The molecule has 24 heteroatoms. The van der Waals surface area contributed by atoms with Crippen LogP contribution in [0.5, 0.6) is 11.5 Å². The summed E-state index contributed by atoms with van der Waals surface area (Å²) >= 11 is 0. The Labute approximate surface area is 500 Å². The highest BCUT2D eigenvalue weighted by atomic mass is 32.2. The van der Waals surface area contributed by atoms with Crippen LogP contribution in [0.2, 0.25) is 0 Å². The van der Waals surface area contributed by atoms with Crippen LogP contribution >= 0.6 is 0 Å². The average Bonchev–Trinajstić information content (AvgIpc) is 1.58. The van der Waals surface area contributed by atoms with E-state index >= 15 is 0 Å². The molecule has 484 valence electrons. The van der Waals surface area contributed by atoms with Gasteiger partial charge in [-0.05, 0) is 220 Å². The number of hydrogen-bond donors (Lipinski definition) is 4. The van der Waals surface area contributed by atoms with Crippen LogP contribution in [0.3, 0.4) is 0 Å². The molecule has 9 rings (SSSR count). The number of cyclic esters (lactones) is 2. The molecule has 4 N–H and O–H groups in total. The van der Waals surface area contributed by atoms with E-state index < -0.39 is 83.4 Å². The first-order valence-corrected chi connectivity index (χ1v) is 33.3. The molecule has 1 aliphatic heterocycles. The van der Waals surface area contributed by atoms with E-state index in [1.165, 1.54) is 11.1 Å². The number of benzene rings is 2. The number of phenols is 1. The molecule has 7 aliphatic rings. The lowest BCUT2D eigenvalue weighted by Crippen LogP contribution is -2.47. The molecule has 2 aromatic carbocycles. The molecule has 2 aromatic rings. The van der Waals surface area contributed by atoms with E-state index in [1.807, 2.05) is 24.3 Å². The first-order valence-electron chi connectivity index (χ1n) is 30.3. The predicted octanol–water partition coefficient (Wildman–Crippen LogP) is 13.4. The number of aliphatic hydroxyl groups is 2. The summed E-state index contributed by atoms with van der Waals surface area (Å²) in [4.78, 5) is 43.5. The molecule has 1 saturated heterocycles. The Kier molecular flexibility index (Phi) is 23.2. The Balaban J connectivity index is 0.000000221. The molecule has 2 unspecified atom stereocenters. The van der Waals surface area contributed by atoms with Crippen molar-refractivity contribution in [1.29, 1.82) is 0 Å². The summed E-state index contributed by atoms with van der Waals surface area (Å²) in [6.07, 6.45) is -2.73. The number of ether oxygens (including phenoxy) is 2.